The Morgan fingerprint density at radius 3 is 2.68 bits per heavy atom. The van der Waals surface area contributed by atoms with Crippen molar-refractivity contribution in [2.75, 3.05) is 18.0 Å². The van der Waals surface area contributed by atoms with Gasteiger partial charge in [-0.25, -0.2) is 4.98 Å². The van der Waals surface area contributed by atoms with Crippen LogP contribution in [0.25, 0.3) is 0 Å². The Morgan fingerprint density at radius 2 is 1.89 bits per heavy atom. The number of fused-ring (bicyclic) bond motifs is 1. The fourth-order valence-electron chi connectivity index (χ4n) is 4.19. The lowest BCUT2D eigenvalue weighted by atomic mass is 10.0. The van der Waals surface area contributed by atoms with E-state index in [0.717, 1.165) is 38.3 Å². The SMILES string of the molecule is CCCCN1Cc2ccccc2N(Cc2c[nH]cn2)CC1Cc1ccccc1. The Bertz CT molecular complexity index is 844. The average Bonchev–Trinajstić information content (AvgIpc) is 3.19. The lowest BCUT2D eigenvalue weighted by Crippen LogP contribution is -2.43. The summed E-state index contributed by atoms with van der Waals surface area (Å²) in [4.78, 5) is 12.8. The standard InChI is InChI=1S/C24H30N4/c1-2-3-13-27-16-21-11-7-8-12-24(21)28(17-22-15-25-19-26-22)18-23(27)14-20-9-5-4-6-10-20/h4-12,15,19,23H,2-3,13-14,16-18H2,1H3,(H,25,26). The zero-order chi connectivity index (χ0) is 19.2. The van der Waals surface area contributed by atoms with E-state index in [1.807, 2.05) is 6.20 Å². The van der Waals surface area contributed by atoms with E-state index in [2.05, 4.69) is 81.3 Å². The first kappa shape index (κ1) is 18.8. The van der Waals surface area contributed by atoms with Crippen LogP contribution < -0.4 is 4.90 Å². The molecule has 0 amide bonds. The Morgan fingerprint density at radius 1 is 1.07 bits per heavy atom. The Labute approximate surface area is 168 Å². The summed E-state index contributed by atoms with van der Waals surface area (Å²) >= 11 is 0. The van der Waals surface area contributed by atoms with Crippen molar-refractivity contribution in [1.82, 2.24) is 14.9 Å². The molecular weight excluding hydrogens is 344 g/mol. The smallest absolute Gasteiger partial charge is 0.0923 e. The molecule has 2 aromatic carbocycles. The van der Waals surface area contributed by atoms with E-state index in [9.17, 15) is 0 Å². The summed E-state index contributed by atoms with van der Waals surface area (Å²) in [6, 6.07) is 20.3. The predicted molar refractivity (Wildman–Crippen MR) is 115 cm³/mol. The number of nitrogens with one attached hydrogen (secondary N) is 1. The van der Waals surface area contributed by atoms with Crippen molar-refractivity contribution >= 4 is 5.69 Å². The molecule has 0 fully saturated rings. The summed E-state index contributed by atoms with van der Waals surface area (Å²) in [5.41, 5.74) is 5.28. The van der Waals surface area contributed by atoms with Crippen LogP contribution in [0.1, 0.15) is 36.6 Å². The van der Waals surface area contributed by atoms with Crippen LogP contribution in [0.4, 0.5) is 5.69 Å². The van der Waals surface area contributed by atoms with Crippen LogP contribution in [0.3, 0.4) is 0 Å². The molecule has 0 spiro atoms. The third kappa shape index (κ3) is 4.45. The van der Waals surface area contributed by atoms with Crippen LogP contribution in [0, 0.1) is 0 Å². The first-order valence-corrected chi connectivity index (χ1v) is 10.4. The molecule has 0 aliphatic carbocycles. The van der Waals surface area contributed by atoms with Gasteiger partial charge in [0.15, 0.2) is 0 Å². The van der Waals surface area contributed by atoms with Crippen molar-refractivity contribution < 1.29 is 0 Å². The number of hydrogen-bond donors (Lipinski definition) is 1. The van der Waals surface area contributed by atoms with Crippen molar-refractivity contribution in [3.63, 3.8) is 0 Å². The molecule has 3 aromatic rings. The molecule has 0 saturated heterocycles. The van der Waals surface area contributed by atoms with Gasteiger partial charge in [-0.15, -0.1) is 0 Å². The van der Waals surface area contributed by atoms with Gasteiger partial charge in [0.05, 0.1) is 18.6 Å². The van der Waals surface area contributed by atoms with Crippen molar-refractivity contribution in [2.45, 2.75) is 45.3 Å². The number of aromatic nitrogens is 2. The predicted octanol–water partition coefficient (Wildman–Crippen LogP) is 4.64. The summed E-state index contributed by atoms with van der Waals surface area (Å²) in [6.45, 7) is 6.31. The van der Waals surface area contributed by atoms with Crippen molar-refractivity contribution in [3.8, 4) is 0 Å². The van der Waals surface area contributed by atoms with Gasteiger partial charge in [-0.3, -0.25) is 4.90 Å². The van der Waals surface area contributed by atoms with Gasteiger partial charge >= 0.3 is 0 Å². The molecule has 1 aromatic heterocycles. The number of imidazole rings is 1. The van der Waals surface area contributed by atoms with Crippen LogP contribution in [0.15, 0.2) is 67.1 Å². The highest BCUT2D eigenvalue weighted by Gasteiger charge is 2.28. The highest BCUT2D eigenvalue weighted by Crippen LogP contribution is 2.29. The van der Waals surface area contributed by atoms with E-state index >= 15 is 0 Å². The number of nitrogens with zero attached hydrogens (tertiary/aromatic N) is 3. The molecule has 4 nitrogen and oxygen atoms in total. The second-order valence-corrected chi connectivity index (χ2v) is 7.74. The molecule has 28 heavy (non-hydrogen) atoms. The normalized spacial score (nSPS) is 17.3. The van der Waals surface area contributed by atoms with E-state index in [0.29, 0.717) is 6.04 Å². The number of unbranched alkanes of at least 4 members (excludes halogenated alkanes) is 1. The maximum atomic E-state index is 4.48. The first-order valence-electron chi connectivity index (χ1n) is 10.4. The molecule has 1 aliphatic rings. The zero-order valence-corrected chi connectivity index (χ0v) is 16.7. The lowest BCUT2D eigenvalue weighted by molar-refractivity contribution is 0.190. The van der Waals surface area contributed by atoms with E-state index in [-0.39, 0.29) is 0 Å². The highest BCUT2D eigenvalue weighted by atomic mass is 15.2. The summed E-state index contributed by atoms with van der Waals surface area (Å²) in [5, 5.41) is 0. The van der Waals surface area contributed by atoms with E-state index < -0.39 is 0 Å². The Kier molecular flexibility index (Phi) is 6.07. The van der Waals surface area contributed by atoms with E-state index in [1.54, 1.807) is 6.33 Å². The topological polar surface area (TPSA) is 35.2 Å². The Hall–Kier alpha value is -2.59. The van der Waals surface area contributed by atoms with Crippen molar-refractivity contribution in [1.29, 1.82) is 0 Å². The van der Waals surface area contributed by atoms with Gasteiger partial charge in [0.25, 0.3) is 0 Å². The second-order valence-electron chi connectivity index (χ2n) is 7.74. The lowest BCUT2D eigenvalue weighted by Gasteiger charge is -2.32. The molecule has 0 radical (unpaired) electrons. The molecule has 4 rings (SSSR count). The number of anilines is 1. The molecule has 146 valence electrons. The minimum atomic E-state index is 0.486. The van der Waals surface area contributed by atoms with Gasteiger partial charge in [0.2, 0.25) is 0 Å². The maximum Gasteiger partial charge on any atom is 0.0923 e. The minimum Gasteiger partial charge on any atom is -0.364 e. The zero-order valence-electron chi connectivity index (χ0n) is 16.7. The minimum absolute atomic E-state index is 0.486. The number of rotatable bonds is 7. The number of para-hydroxylation sites is 1. The molecule has 1 unspecified atom stereocenters. The van der Waals surface area contributed by atoms with E-state index in [4.69, 9.17) is 0 Å². The van der Waals surface area contributed by atoms with Gasteiger partial charge in [0, 0.05) is 31.0 Å². The highest BCUT2D eigenvalue weighted by molar-refractivity contribution is 5.55. The van der Waals surface area contributed by atoms with Crippen molar-refractivity contribution in [2.24, 2.45) is 0 Å². The van der Waals surface area contributed by atoms with Gasteiger partial charge in [-0.1, -0.05) is 61.9 Å². The fourth-order valence-corrected chi connectivity index (χ4v) is 4.19. The third-order valence-corrected chi connectivity index (χ3v) is 5.67. The summed E-state index contributed by atoms with van der Waals surface area (Å²) in [6.07, 6.45) is 7.33. The largest absolute Gasteiger partial charge is 0.364 e. The fraction of sp³-hybridized carbons (Fsp3) is 0.375. The summed E-state index contributed by atoms with van der Waals surface area (Å²) in [7, 11) is 0. The van der Waals surface area contributed by atoms with Crippen LogP contribution in [0.5, 0.6) is 0 Å². The number of H-pyrrole nitrogens is 1. The maximum absolute atomic E-state index is 4.48. The summed E-state index contributed by atoms with van der Waals surface area (Å²) in [5.74, 6) is 0. The molecule has 4 heteroatoms. The van der Waals surface area contributed by atoms with Gasteiger partial charge in [-0.2, -0.15) is 0 Å². The van der Waals surface area contributed by atoms with E-state index in [1.165, 1.54) is 29.7 Å². The van der Waals surface area contributed by atoms with Gasteiger partial charge < -0.3 is 9.88 Å². The molecule has 2 heterocycles. The van der Waals surface area contributed by atoms with Crippen LogP contribution >= 0.6 is 0 Å². The average molecular weight is 375 g/mol. The summed E-state index contributed by atoms with van der Waals surface area (Å²) < 4.78 is 0. The van der Waals surface area contributed by atoms with Crippen LogP contribution in [0.2, 0.25) is 0 Å². The quantitative estimate of drug-likeness (QED) is 0.654. The molecule has 1 aliphatic heterocycles. The second kappa shape index (κ2) is 9.07. The number of benzene rings is 2. The monoisotopic (exact) mass is 374 g/mol. The first-order chi connectivity index (χ1) is 13.8. The van der Waals surface area contributed by atoms with Crippen LogP contribution in [-0.4, -0.2) is 34.0 Å². The molecule has 1 atom stereocenters. The Balaban J connectivity index is 1.64. The number of aromatic amines is 1. The van der Waals surface area contributed by atoms with Gasteiger partial charge in [-0.05, 0) is 36.6 Å². The molecule has 0 bridgehead atoms. The third-order valence-electron chi connectivity index (χ3n) is 5.67. The molecule has 0 saturated carbocycles. The van der Waals surface area contributed by atoms with Crippen molar-refractivity contribution in [3.05, 3.63) is 83.9 Å². The molecular formula is C24H30N4. The number of hydrogen-bond acceptors (Lipinski definition) is 3. The molecule has 1 N–H and O–H groups in total. The van der Waals surface area contributed by atoms with Crippen LogP contribution in [-0.2, 0) is 19.5 Å². The van der Waals surface area contributed by atoms with Gasteiger partial charge in [0.1, 0.15) is 0 Å².